The van der Waals surface area contributed by atoms with Gasteiger partial charge in [0.25, 0.3) is 5.91 Å². The van der Waals surface area contributed by atoms with Gasteiger partial charge in [0, 0.05) is 23.0 Å². The van der Waals surface area contributed by atoms with E-state index in [-0.39, 0.29) is 42.8 Å². The number of nitrogens with one attached hydrogen (secondary N) is 2. The fourth-order valence-electron chi connectivity index (χ4n) is 3.86. The molecule has 1 heterocycles. The molecule has 7 nitrogen and oxygen atoms in total. The van der Waals surface area contributed by atoms with Gasteiger partial charge in [-0.2, -0.15) is 0 Å². The molecular weight excluding hydrogens is 479 g/mol. The number of benzene rings is 2. The standard InChI is InChI=1S/C27H29FN4O3S/c1-18(7-8-19-5-3-2-4-6-19)29-24(33)15-22-17-36-27(30-22)31-25(34)16-32(23-13-14-23)26(35)20-9-11-21(28)12-10-20/h2-6,9-12,17-18,23H,7-8,13-16H2,1H3,(H,29,33)(H,30,31,34)/t18-/m1/s1. The van der Waals surface area contributed by atoms with Crippen LogP contribution in [0.1, 0.15) is 47.8 Å². The number of aryl methyl sites for hydroxylation is 1. The summed E-state index contributed by atoms with van der Waals surface area (Å²) < 4.78 is 13.2. The van der Waals surface area contributed by atoms with Crippen molar-refractivity contribution in [3.63, 3.8) is 0 Å². The highest BCUT2D eigenvalue weighted by atomic mass is 32.1. The summed E-state index contributed by atoms with van der Waals surface area (Å²) in [5, 5.41) is 7.84. The predicted molar refractivity (Wildman–Crippen MR) is 137 cm³/mol. The highest BCUT2D eigenvalue weighted by Gasteiger charge is 2.34. The van der Waals surface area contributed by atoms with Crippen LogP contribution in [-0.4, -0.2) is 46.2 Å². The van der Waals surface area contributed by atoms with Crippen molar-refractivity contribution < 1.29 is 18.8 Å². The van der Waals surface area contributed by atoms with Crippen LogP contribution in [0.25, 0.3) is 0 Å². The van der Waals surface area contributed by atoms with Crippen molar-refractivity contribution in [3.8, 4) is 0 Å². The zero-order valence-corrected chi connectivity index (χ0v) is 20.9. The van der Waals surface area contributed by atoms with Crippen LogP contribution in [0, 0.1) is 5.82 Å². The Morgan fingerprint density at radius 2 is 1.81 bits per heavy atom. The van der Waals surface area contributed by atoms with Crippen molar-refractivity contribution in [1.29, 1.82) is 0 Å². The van der Waals surface area contributed by atoms with Gasteiger partial charge in [-0.3, -0.25) is 14.4 Å². The molecular formula is C27H29FN4O3S. The molecule has 1 saturated carbocycles. The van der Waals surface area contributed by atoms with E-state index in [0.717, 1.165) is 25.7 Å². The molecule has 1 aliphatic carbocycles. The van der Waals surface area contributed by atoms with Crippen molar-refractivity contribution >= 4 is 34.2 Å². The SMILES string of the molecule is C[C@H](CCc1ccccc1)NC(=O)Cc1csc(NC(=O)CN(C(=O)c2ccc(F)cc2)C2CC2)n1. The minimum atomic E-state index is -0.419. The zero-order valence-electron chi connectivity index (χ0n) is 20.1. The fraction of sp³-hybridized carbons (Fsp3) is 0.333. The average Bonchev–Trinajstić information content (AvgIpc) is 3.62. The molecule has 0 radical (unpaired) electrons. The summed E-state index contributed by atoms with van der Waals surface area (Å²) >= 11 is 1.24. The second-order valence-corrected chi connectivity index (χ2v) is 9.89. The lowest BCUT2D eigenvalue weighted by molar-refractivity contribution is -0.121. The summed E-state index contributed by atoms with van der Waals surface area (Å²) in [5.74, 6) is -1.21. The predicted octanol–water partition coefficient (Wildman–Crippen LogP) is 4.21. The van der Waals surface area contributed by atoms with Crippen LogP contribution in [0.5, 0.6) is 0 Å². The van der Waals surface area contributed by atoms with Crippen LogP contribution in [0.4, 0.5) is 9.52 Å². The molecule has 0 spiro atoms. The number of carbonyl (C=O) groups is 3. The number of anilines is 1. The average molecular weight is 509 g/mol. The molecule has 1 aliphatic rings. The highest BCUT2D eigenvalue weighted by molar-refractivity contribution is 7.13. The number of aromatic nitrogens is 1. The van der Waals surface area contributed by atoms with E-state index >= 15 is 0 Å². The number of halogens is 1. The molecule has 1 fully saturated rings. The number of carbonyl (C=O) groups excluding carboxylic acids is 3. The molecule has 36 heavy (non-hydrogen) atoms. The first-order valence-corrected chi connectivity index (χ1v) is 12.9. The van der Waals surface area contributed by atoms with Crippen LogP contribution in [0.3, 0.4) is 0 Å². The lowest BCUT2D eigenvalue weighted by atomic mass is 10.1. The van der Waals surface area contributed by atoms with E-state index in [4.69, 9.17) is 0 Å². The first-order chi connectivity index (χ1) is 17.4. The van der Waals surface area contributed by atoms with E-state index in [1.807, 2.05) is 25.1 Å². The van der Waals surface area contributed by atoms with Crippen LogP contribution >= 0.6 is 11.3 Å². The zero-order chi connectivity index (χ0) is 25.5. The maximum Gasteiger partial charge on any atom is 0.254 e. The van der Waals surface area contributed by atoms with Gasteiger partial charge in [-0.25, -0.2) is 9.37 Å². The Balaban J connectivity index is 1.24. The molecule has 2 aromatic carbocycles. The van der Waals surface area contributed by atoms with Crippen LogP contribution in [-0.2, 0) is 22.4 Å². The van der Waals surface area contributed by atoms with Gasteiger partial charge in [0.1, 0.15) is 12.4 Å². The summed E-state index contributed by atoms with van der Waals surface area (Å²) in [4.78, 5) is 43.8. The van der Waals surface area contributed by atoms with Gasteiger partial charge in [0.15, 0.2) is 5.13 Å². The molecule has 188 valence electrons. The minimum Gasteiger partial charge on any atom is -0.353 e. The Morgan fingerprint density at radius 3 is 2.50 bits per heavy atom. The van der Waals surface area contributed by atoms with Crippen molar-refractivity contribution in [2.75, 3.05) is 11.9 Å². The number of hydrogen-bond donors (Lipinski definition) is 2. The minimum absolute atomic E-state index is 0.00716. The van der Waals surface area contributed by atoms with Crippen LogP contribution in [0.2, 0.25) is 0 Å². The summed E-state index contributed by atoms with van der Waals surface area (Å²) in [7, 11) is 0. The summed E-state index contributed by atoms with van der Waals surface area (Å²) in [6, 6.07) is 15.5. The van der Waals surface area contributed by atoms with Crippen LogP contribution in [0.15, 0.2) is 60.0 Å². The van der Waals surface area contributed by atoms with Crippen molar-refractivity contribution in [3.05, 3.63) is 82.6 Å². The van der Waals surface area contributed by atoms with Gasteiger partial charge < -0.3 is 15.5 Å². The summed E-state index contributed by atoms with van der Waals surface area (Å²) in [5.41, 5.74) is 2.15. The Morgan fingerprint density at radius 1 is 1.08 bits per heavy atom. The molecule has 3 aromatic rings. The Labute approximate surface area is 213 Å². The lowest BCUT2D eigenvalue weighted by Gasteiger charge is -2.21. The number of amides is 3. The van der Waals surface area contributed by atoms with E-state index < -0.39 is 5.82 Å². The van der Waals surface area contributed by atoms with E-state index in [1.54, 1.807) is 5.38 Å². The molecule has 0 saturated heterocycles. The number of thiazole rings is 1. The summed E-state index contributed by atoms with van der Waals surface area (Å²) in [6.45, 7) is 1.86. The molecule has 0 aliphatic heterocycles. The number of nitrogens with zero attached hydrogens (tertiary/aromatic N) is 2. The van der Waals surface area contributed by atoms with Gasteiger partial charge in [-0.05, 0) is 62.4 Å². The van der Waals surface area contributed by atoms with E-state index in [1.165, 1.54) is 46.1 Å². The van der Waals surface area contributed by atoms with Crippen LogP contribution < -0.4 is 10.6 Å². The Bertz CT molecular complexity index is 1200. The Hall–Kier alpha value is -3.59. The topological polar surface area (TPSA) is 91.4 Å². The maximum atomic E-state index is 13.2. The smallest absolute Gasteiger partial charge is 0.254 e. The van der Waals surface area contributed by atoms with E-state index in [9.17, 15) is 18.8 Å². The second-order valence-electron chi connectivity index (χ2n) is 9.03. The third kappa shape index (κ3) is 7.45. The second kappa shape index (κ2) is 11.9. The van der Waals surface area contributed by atoms with Crippen molar-refractivity contribution in [2.45, 2.75) is 51.1 Å². The highest BCUT2D eigenvalue weighted by Crippen LogP contribution is 2.28. The van der Waals surface area contributed by atoms with Crippen molar-refractivity contribution in [2.24, 2.45) is 0 Å². The van der Waals surface area contributed by atoms with E-state index in [2.05, 4.69) is 27.8 Å². The normalized spacial score (nSPS) is 13.6. The molecule has 1 aromatic heterocycles. The third-order valence-electron chi connectivity index (χ3n) is 5.91. The largest absolute Gasteiger partial charge is 0.353 e. The molecule has 0 unspecified atom stereocenters. The van der Waals surface area contributed by atoms with Gasteiger partial charge in [-0.15, -0.1) is 11.3 Å². The number of hydrogen-bond acceptors (Lipinski definition) is 5. The van der Waals surface area contributed by atoms with Crippen molar-refractivity contribution in [1.82, 2.24) is 15.2 Å². The Kier molecular flexibility index (Phi) is 8.43. The quantitative estimate of drug-likeness (QED) is 0.406. The molecule has 4 rings (SSSR count). The maximum absolute atomic E-state index is 13.2. The van der Waals surface area contributed by atoms with Gasteiger partial charge in [0.05, 0.1) is 12.1 Å². The molecule has 3 amide bonds. The monoisotopic (exact) mass is 508 g/mol. The van der Waals surface area contributed by atoms with Gasteiger partial charge in [-0.1, -0.05) is 30.3 Å². The fourth-order valence-corrected chi connectivity index (χ4v) is 4.59. The van der Waals surface area contributed by atoms with E-state index in [0.29, 0.717) is 16.4 Å². The number of rotatable bonds is 11. The molecule has 1 atom stereocenters. The molecule has 0 bridgehead atoms. The van der Waals surface area contributed by atoms with Gasteiger partial charge in [0.2, 0.25) is 11.8 Å². The lowest BCUT2D eigenvalue weighted by Crippen LogP contribution is -2.39. The summed E-state index contributed by atoms with van der Waals surface area (Å²) in [6.07, 6.45) is 3.51. The molecule has 9 heteroatoms. The first-order valence-electron chi connectivity index (χ1n) is 12.0. The first kappa shape index (κ1) is 25.5. The van der Waals surface area contributed by atoms with Gasteiger partial charge >= 0.3 is 0 Å². The third-order valence-corrected chi connectivity index (χ3v) is 6.72. The molecule has 2 N–H and O–H groups in total.